The van der Waals surface area contributed by atoms with Crippen LogP contribution < -0.4 is 9.47 Å². The zero-order valence-corrected chi connectivity index (χ0v) is 28.2. The third-order valence-corrected chi connectivity index (χ3v) is 10.3. The van der Waals surface area contributed by atoms with Gasteiger partial charge in [-0.2, -0.15) is 0 Å². The van der Waals surface area contributed by atoms with Crippen molar-refractivity contribution < 1.29 is 9.47 Å². The maximum atomic E-state index is 6.76. The van der Waals surface area contributed by atoms with E-state index in [1.54, 1.807) is 0 Å². The smallest absolute Gasteiger partial charge is 0.178 e. The van der Waals surface area contributed by atoms with Crippen molar-refractivity contribution in [2.24, 2.45) is 0 Å². The van der Waals surface area contributed by atoms with Crippen LogP contribution in [0.1, 0.15) is 25.0 Å². The number of hydrogen-bond acceptors (Lipinski definition) is 4. The van der Waals surface area contributed by atoms with E-state index in [4.69, 9.17) is 19.4 Å². The summed E-state index contributed by atoms with van der Waals surface area (Å²) in [6.45, 7) is 4.55. The van der Waals surface area contributed by atoms with Crippen LogP contribution in [0.25, 0.3) is 66.9 Å². The molecule has 7 aromatic carbocycles. The summed E-state index contributed by atoms with van der Waals surface area (Å²) < 4.78 is 13.2. The summed E-state index contributed by atoms with van der Waals surface area (Å²) in [6, 6.07) is 54.7. The Morgan fingerprint density at radius 2 is 1.12 bits per heavy atom. The highest BCUT2D eigenvalue weighted by Crippen LogP contribution is 2.58. The third kappa shape index (κ3) is 4.83. The standard InChI is InChI=1S/C47H32N2O2/c1-47(2)37-18-9-8-17-36(37)44-38(47)22-24-42-45(44)51-43-27-33(21-23-41(43)50-42)32-15-10-16-35(26-32)46-48-39(30-12-4-3-5-13-30)28-40(49-46)34-20-19-29-11-6-7-14-31(29)25-34/h3-28H,1-2H3. The Bertz CT molecular complexity index is 2680. The molecule has 1 aliphatic carbocycles. The van der Waals surface area contributed by atoms with E-state index in [9.17, 15) is 0 Å². The minimum absolute atomic E-state index is 0.124. The molecule has 0 bridgehead atoms. The van der Waals surface area contributed by atoms with E-state index in [2.05, 4.69) is 141 Å². The van der Waals surface area contributed by atoms with Gasteiger partial charge in [0.05, 0.1) is 11.4 Å². The fraction of sp³-hybridized carbons (Fsp3) is 0.0638. The molecule has 0 saturated carbocycles. The van der Waals surface area contributed by atoms with Gasteiger partial charge in [0.2, 0.25) is 0 Å². The Morgan fingerprint density at radius 1 is 0.431 bits per heavy atom. The zero-order valence-electron chi connectivity index (χ0n) is 28.2. The van der Waals surface area contributed by atoms with Crippen molar-refractivity contribution in [3.8, 4) is 79.2 Å². The summed E-state index contributed by atoms with van der Waals surface area (Å²) in [7, 11) is 0. The predicted octanol–water partition coefficient (Wildman–Crippen LogP) is 12.5. The monoisotopic (exact) mass is 656 g/mol. The van der Waals surface area contributed by atoms with Crippen molar-refractivity contribution in [3.63, 3.8) is 0 Å². The molecule has 0 radical (unpaired) electrons. The Balaban J connectivity index is 1.04. The van der Waals surface area contributed by atoms with Crippen LogP contribution in [0.3, 0.4) is 0 Å². The normalized spacial score (nSPS) is 13.4. The number of nitrogens with zero attached hydrogens (tertiary/aromatic N) is 2. The molecule has 0 spiro atoms. The van der Waals surface area contributed by atoms with Crippen LogP contribution in [0.2, 0.25) is 0 Å². The molecular formula is C47H32N2O2. The van der Waals surface area contributed by atoms with Gasteiger partial charge in [0, 0.05) is 27.7 Å². The van der Waals surface area contributed by atoms with Crippen LogP contribution in [-0.2, 0) is 5.41 Å². The van der Waals surface area contributed by atoms with Gasteiger partial charge in [0.25, 0.3) is 0 Å². The largest absolute Gasteiger partial charge is 0.449 e. The lowest BCUT2D eigenvalue weighted by Gasteiger charge is -2.25. The maximum Gasteiger partial charge on any atom is 0.178 e. The first kappa shape index (κ1) is 29.4. The van der Waals surface area contributed by atoms with Crippen molar-refractivity contribution in [3.05, 3.63) is 169 Å². The fourth-order valence-electron chi connectivity index (χ4n) is 7.67. The highest BCUT2D eigenvalue weighted by Gasteiger charge is 2.39. The summed E-state index contributed by atoms with van der Waals surface area (Å²) in [6.07, 6.45) is 0. The van der Waals surface area contributed by atoms with E-state index >= 15 is 0 Å². The Labute approximate surface area is 296 Å². The molecule has 0 saturated heterocycles. The molecule has 242 valence electrons. The minimum atomic E-state index is -0.124. The van der Waals surface area contributed by atoms with Gasteiger partial charge in [-0.15, -0.1) is 0 Å². The number of rotatable bonds is 4. The summed E-state index contributed by atoms with van der Waals surface area (Å²) in [5.41, 5.74) is 11.6. The number of hydrogen-bond donors (Lipinski definition) is 0. The van der Waals surface area contributed by atoms with Crippen LogP contribution in [-0.4, -0.2) is 9.97 Å². The van der Waals surface area contributed by atoms with E-state index < -0.39 is 0 Å². The summed E-state index contributed by atoms with van der Waals surface area (Å²) in [5, 5.41) is 2.38. The lowest BCUT2D eigenvalue weighted by molar-refractivity contribution is 0.360. The molecule has 10 rings (SSSR count). The zero-order chi connectivity index (χ0) is 34.1. The molecule has 1 aromatic heterocycles. The van der Waals surface area contributed by atoms with Gasteiger partial charge < -0.3 is 9.47 Å². The number of fused-ring (bicyclic) bond motifs is 7. The van der Waals surface area contributed by atoms with E-state index in [1.165, 1.54) is 27.5 Å². The Morgan fingerprint density at radius 3 is 2.00 bits per heavy atom. The Hall–Kier alpha value is -6.52. The predicted molar refractivity (Wildman–Crippen MR) is 205 cm³/mol. The second-order valence-corrected chi connectivity index (χ2v) is 13.8. The van der Waals surface area contributed by atoms with Crippen LogP contribution in [0.15, 0.2) is 158 Å². The van der Waals surface area contributed by atoms with Crippen molar-refractivity contribution in [2.75, 3.05) is 0 Å². The van der Waals surface area contributed by atoms with Crippen LogP contribution in [0, 0.1) is 0 Å². The van der Waals surface area contributed by atoms with Gasteiger partial charge in [0.15, 0.2) is 28.8 Å². The number of aromatic nitrogens is 2. The second-order valence-electron chi connectivity index (χ2n) is 13.8. The quantitative estimate of drug-likeness (QED) is 0.189. The minimum Gasteiger partial charge on any atom is -0.449 e. The first-order valence-electron chi connectivity index (χ1n) is 17.3. The number of benzene rings is 7. The average molecular weight is 657 g/mol. The molecule has 8 aromatic rings. The van der Waals surface area contributed by atoms with E-state index in [-0.39, 0.29) is 5.41 Å². The van der Waals surface area contributed by atoms with Crippen LogP contribution in [0.4, 0.5) is 0 Å². The van der Waals surface area contributed by atoms with Gasteiger partial charge >= 0.3 is 0 Å². The molecule has 2 aliphatic rings. The molecular weight excluding hydrogens is 625 g/mol. The first-order chi connectivity index (χ1) is 25.0. The molecule has 1 aliphatic heterocycles. The molecule has 4 heteroatoms. The van der Waals surface area contributed by atoms with Crippen molar-refractivity contribution >= 4 is 10.8 Å². The summed E-state index contributed by atoms with van der Waals surface area (Å²) >= 11 is 0. The molecule has 0 amide bonds. The SMILES string of the molecule is CC1(C)c2ccccc2-c2c1ccc1c2Oc2cc(-c3cccc(-c4nc(-c5ccccc5)cc(-c5ccc6ccccc6c5)n4)c3)ccc2O1. The number of ether oxygens (including phenoxy) is 2. The maximum absolute atomic E-state index is 6.76. The van der Waals surface area contributed by atoms with Crippen molar-refractivity contribution in [1.29, 1.82) is 0 Å². The van der Waals surface area contributed by atoms with Crippen molar-refractivity contribution in [2.45, 2.75) is 19.3 Å². The van der Waals surface area contributed by atoms with Gasteiger partial charge in [-0.3, -0.25) is 0 Å². The first-order valence-corrected chi connectivity index (χ1v) is 17.3. The molecule has 0 N–H and O–H groups in total. The highest BCUT2D eigenvalue weighted by molar-refractivity contribution is 5.89. The van der Waals surface area contributed by atoms with Gasteiger partial charge in [-0.05, 0) is 75.0 Å². The fourth-order valence-corrected chi connectivity index (χ4v) is 7.67. The van der Waals surface area contributed by atoms with E-state index in [0.29, 0.717) is 17.3 Å². The van der Waals surface area contributed by atoms with Gasteiger partial charge in [-0.1, -0.05) is 135 Å². The summed E-state index contributed by atoms with van der Waals surface area (Å²) in [5.74, 6) is 3.58. The summed E-state index contributed by atoms with van der Waals surface area (Å²) in [4.78, 5) is 10.2. The molecule has 2 heterocycles. The van der Waals surface area contributed by atoms with Crippen LogP contribution >= 0.6 is 0 Å². The molecule has 4 nitrogen and oxygen atoms in total. The van der Waals surface area contributed by atoms with Gasteiger partial charge in [-0.25, -0.2) is 9.97 Å². The lowest BCUT2D eigenvalue weighted by Crippen LogP contribution is -2.15. The second kappa shape index (κ2) is 11.3. The third-order valence-electron chi connectivity index (χ3n) is 10.3. The molecule has 0 unspecified atom stereocenters. The highest BCUT2D eigenvalue weighted by atomic mass is 16.6. The lowest BCUT2D eigenvalue weighted by atomic mass is 9.82. The Kier molecular flexibility index (Phi) is 6.49. The van der Waals surface area contributed by atoms with Crippen molar-refractivity contribution in [1.82, 2.24) is 9.97 Å². The molecule has 0 fully saturated rings. The molecule has 51 heavy (non-hydrogen) atoms. The average Bonchev–Trinajstić information content (AvgIpc) is 3.43. The van der Waals surface area contributed by atoms with Gasteiger partial charge in [0.1, 0.15) is 0 Å². The van der Waals surface area contributed by atoms with E-state index in [0.717, 1.165) is 56.3 Å². The molecule has 0 atom stereocenters. The topological polar surface area (TPSA) is 44.2 Å². The van der Waals surface area contributed by atoms with E-state index in [1.807, 2.05) is 30.3 Å². The van der Waals surface area contributed by atoms with Crippen LogP contribution in [0.5, 0.6) is 23.0 Å².